The lowest BCUT2D eigenvalue weighted by Crippen LogP contribution is -2.23. The molecule has 7 nitrogen and oxygen atoms in total. The van der Waals surface area contributed by atoms with E-state index in [4.69, 9.17) is 5.73 Å². The number of rotatable bonds is 5. The molecule has 1 aliphatic rings. The lowest BCUT2D eigenvalue weighted by atomic mass is 10.2. The molecule has 0 aromatic carbocycles. The molecule has 1 atom stereocenters. The molecule has 1 unspecified atom stereocenters. The molecular weight excluding hydrogens is 288 g/mol. The van der Waals surface area contributed by atoms with E-state index in [2.05, 4.69) is 25.2 Å². The first-order chi connectivity index (χ1) is 10.2. The highest BCUT2D eigenvalue weighted by Crippen LogP contribution is 2.19. The summed E-state index contributed by atoms with van der Waals surface area (Å²) in [6.07, 6.45) is 1.70. The van der Waals surface area contributed by atoms with Gasteiger partial charge in [-0.05, 0) is 35.2 Å². The second-order valence-corrected chi connectivity index (χ2v) is 5.74. The largest absolute Gasteiger partial charge is 0.387 e. The minimum atomic E-state index is -0.593. The van der Waals surface area contributed by atoms with E-state index in [-0.39, 0.29) is 5.95 Å². The molecule has 4 N–H and O–H groups in total. The Morgan fingerprint density at radius 1 is 1.33 bits per heavy atom. The first kappa shape index (κ1) is 14.0. The molecule has 0 saturated carbocycles. The zero-order valence-corrected chi connectivity index (χ0v) is 12.4. The normalized spacial score (nSPS) is 16.1. The van der Waals surface area contributed by atoms with Crippen LogP contribution < -0.4 is 16.0 Å². The van der Waals surface area contributed by atoms with Gasteiger partial charge in [0.1, 0.15) is 0 Å². The van der Waals surface area contributed by atoms with E-state index in [0.717, 1.165) is 31.5 Å². The number of nitrogens with one attached hydrogen (secondary N) is 1. The molecule has 112 valence electrons. The molecule has 21 heavy (non-hydrogen) atoms. The van der Waals surface area contributed by atoms with Crippen LogP contribution in [0.4, 0.5) is 17.8 Å². The van der Waals surface area contributed by atoms with Crippen molar-refractivity contribution in [3.63, 3.8) is 0 Å². The van der Waals surface area contributed by atoms with Crippen molar-refractivity contribution in [1.29, 1.82) is 0 Å². The molecule has 0 spiro atoms. The molecule has 0 bridgehead atoms. The van der Waals surface area contributed by atoms with E-state index in [1.165, 1.54) is 0 Å². The fraction of sp³-hybridized carbons (Fsp3) is 0.462. The molecule has 1 saturated heterocycles. The van der Waals surface area contributed by atoms with Crippen molar-refractivity contribution < 1.29 is 5.11 Å². The minimum Gasteiger partial charge on any atom is -0.387 e. The van der Waals surface area contributed by atoms with Gasteiger partial charge >= 0.3 is 0 Å². The number of hydrogen-bond acceptors (Lipinski definition) is 8. The molecule has 3 rings (SSSR count). The zero-order chi connectivity index (χ0) is 14.7. The van der Waals surface area contributed by atoms with Gasteiger partial charge in [0, 0.05) is 19.6 Å². The summed E-state index contributed by atoms with van der Waals surface area (Å²) in [5.41, 5.74) is 6.62. The molecular formula is C13H18N6OS. The monoisotopic (exact) mass is 306 g/mol. The van der Waals surface area contributed by atoms with Gasteiger partial charge in [-0.15, -0.1) is 0 Å². The average molecular weight is 306 g/mol. The molecule has 2 aromatic heterocycles. The predicted molar refractivity (Wildman–Crippen MR) is 83.5 cm³/mol. The number of hydrogen-bond donors (Lipinski definition) is 3. The summed E-state index contributed by atoms with van der Waals surface area (Å²) >= 11 is 1.56. The Balaban J connectivity index is 1.67. The van der Waals surface area contributed by atoms with E-state index in [1.54, 1.807) is 11.3 Å². The second-order valence-electron chi connectivity index (χ2n) is 4.96. The topological polar surface area (TPSA) is 100 Å². The van der Waals surface area contributed by atoms with Gasteiger partial charge in [-0.2, -0.15) is 26.3 Å². The van der Waals surface area contributed by atoms with Crippen LogP contribution in [0.1, 0.15) is 24.5 Å². The van der Waals surface area contributed by atoms with Gasteiger partial charge in [0.2, 0.25) is 17.8 Å². The Hall–Kier alpha value is -1.93. The van der Waals surface area contributed by atoms with Crippen molar-refractivity contribution in [2.24, 2.45) is 0 Å². The van der Waals surface area contributed by atoms with Crippen LogP contribution in [0.3, 0.4) is 0 Å². The molecule has 0 radical (unpaired) electrons. The summed E-state index contributed by atoms with van der Waals surface area (Å²) < 4.78 is 0. The van der Waals surface area contributed by atoms with Crippen molar-refractivity contribution >= 4 is 29.2 Å². The van der Waals surface area contributed by atoms with Crippen LogP contribution in [-0.4, -0.2) is 39.7 Å². The maximum absolute atomic E-state index is 10.1. The smallest absolute Gasteiger partial charge is 0.231 e. The van der Waals surface area contributed by atoms with Crippen LogP contribution in [0.5, 0.6) is 0 Å². The van der Waals surface area contributed by atoms with Gasteiger partial charge < -0.3 is 21.1 Å². The van der Waals surface area contributed by atoms with Crippen LogP contribution in [0.25, 0.3) is 0 Å². The second kappa shape index (κ2) is 6.23. The number of aliphatic hydroxyl groups excluding tert-OH is 1. The van der Waals surface area contributed by atoms with E-state index in [0.29, 0.717) is 18.4 Å². The third-order valence-corrected chi connectivity index (χ3v) is 4.11. The molecule has 8 heteroatoms. The number of aromatic nitrogens is 3. The van der Waals surface area contributed by atoms with Gasteiger partial charge in [0.05, 0.1) is 6.10 Å². The highest BCUT2D eigenvalue weighted by Gasteiger charge is 2.17. The lowest BCUT2D eigenvalue weighted by molar-refractivity contribution is 0.192. The maximum atomic E-state index is 10.1. The highest BCUT2D eigenvalue weighted by molar-refractivity contribution is 7.07. The van der Waals surface area contributed by atoms with Crippen LogP contribution in [0.15, 0.2) is 16.8 Å². The van der Waals surface area contributed by atoms with Gasteiger partial charge in [0.15, 0.2) is 0 Å². The maximum Gasteiger partial charge on any atom is 0.231 e. The summed E-state index contributed by atoms with van der Waals surface area (Å²) in [5.74, 6) is 1.20. The fourth-order valence-corrected chi connectivity index (χ4v) is 3.00. The molecule has 0 amide bonds. The summed E-state index contributed by atoms with van der Waals surface area (Å²) in [6, 6.07) is 1.90. The van der Waals surface area contributed by atoms with Crippen molar-refractivity contribution in [2.45, 2.75) is 18.9 Å². The van der Waals surface area contributed by atoms with E-state index in [9.17, 15) is 5.11 Å². The highest BCUT2D eigenvalue weighted by atomic mass is 32.1. The SMILES string of the molecule is Nc1nc(NCC(O)c2ccsc2)nc(N2CCCC2)n1. The average Bonchev–Trinajstić information content (AvgIpc) is 3.16. The summed E-state index contributed by atoms with van der Waals surface area (Å²) in [4.78, 5) is 14.7. The number of aliphatic hydroxyl groups is 1. The summed E-state index contributed by atoms with van der Waals surface area (Å²) in [5, 5.41) is 16.9. The summed E-state index contributed by atoms with van der Waals surface area (Å²) in [7, 11) is 0. The Morgan fingerprint density at radius 2 is 2.14 bits per heavy atom. The standard InChI is InChI=1S/C13H18N6OS/c14-11-16-12(15-7-10(20)9-3-6-21-8-9)18-13(17-11)19-4-1-2-5-19/h3,6,8,10,20H,1-2,4-5,7H2,(H3,14,15,16,17,18). The van der Waals surface area contributed by atoms with Gasteiger partial charge in [-0.1, -0.05) is 0 Å². The van der Waals surface area contributed by atoms with Crippen molar-refractivity contribution in [2.75, 3.05) is 35.6 Å². The molecule has 0 aliphatic carbocycles. The Kier molecular flexibility index (Phi) is 4.16. The Morgan fingerprint density at radius 3 is 2.86 bits per heavy atom. The van der Waals surface area contributed by atoms with Gasteiger partial charge in [-0.25, -0.2) is 0 Å². The van der Waals surface area contributed by atoms with E-state index >= 15 is 0 Å². The van der Waals surface area contributed by atoms with Gasteiger partial charge in [0.25, 0.3) is 0 Å². The van der Waals surface area contributed by atoms with Crippen molar-refractivity contribution in [1.82, 2.24) is 15.0 Å². The number of nitrogen functional groups attached to an aromatic ring is 1. The minimum absolute atomic E-state index is 0.194. The van der Waals surface area contributed by atoms with Crippen LogP contribution in [0.2, 0.25) is 0 Å². The molecule has 1 aliphatic heterocycles. The van der Waals surface area contributed by atoms with Crippen LogP contribution >= 0.6 is 11.3 Å². The lowest BCUT2D eigenvalue weighted by Gasteiger charge is -2.16. The van der Waals surface area contributed by atoms with Gasteiger partial charge in [-0.3, -0.25) is 0 Å². The first-order valence-corrected chi connectivity index (χ1v) is 7.87. The number of anilines is 3. The number of thiophene rings is 1. The fourth-order valence-electron chi connectivity index (χ4n) is 2.29. The third-order valence-electron chi connectivity index (χ3n) is 3.41. The molecule has 1 fully saturated rings. The van der Waals surface area contributed by atoms with Crippen LogP contribution in [0, 0.1) is 0 Å². The predicted octanol–water partition coefficient (Wildman–Crippen LogP) is 1.26. The number of nitrogens with zero attached hydrogens (tertiary/aromatic N) is 4. The van der Waals surface area contributed by atoms with Crippen LogP contribution in [-0.2, 0) is 0 Å². The summed E-state index contributed by atoms with van der Waals surface area (Å²) in [6.45, 7) is 2.22. The third kappa shape index (κ3) is 3.40. The molecule has 2 aromatic rings. The number of nitrogens with two attached hydrogens (primary N) is 1. The van der Waals surface area contributed by atoms with Crippen molar-refractivity contribution in [3.8, 4) is 0 Å². The Bertz CT molecular complexity index is 584. The van der Waals surface area contributed by atoms with Crippen molar-refractivity contribution in [3.05, 3.63) is 22.4 Å². The first-order valence-electron chi connectivity index (χ1n) is 6.93. The van der Waals surface area contributed by atoms with E-state index in [1.807, 2.05) is 16.8 Å². The quantitative estimate of drug-likeness (QED) is 0.764. The Labute approximate surface area is 126 Å². The van der Waals surface area contributed by atoms with E-state index < -0.39 is 6.10 Å². The zero-order valence-electron chi connectivity index (χ0n) is 11.6. The molecule has 3 heterocycles.